The van der Waals surface area contributed by atoms with Crippen molar-refractivity contribution in [1.82, 2.24) is 14.5 Å². The first kappa shape index (κ1) is 10.2. The molecule has 1 aromatic rings. The first-order chi connectivity index (χ1) is 7.27. The number of hydrogen-bond donors (Lipinski definition) is 1. The normalized spacial score (nSPS) is 22.1. The zero-order valence-electron chi connectivity index (χ0n) is 8.67. The van der Waals surface area contributed by atoms with Gasteiger partial charge >= 0.3 is 0 Å². The van der Waals surface area contributed by atoms with Gasteiger partial charge in [-0.05, 0) is 12.8 Å². The molecule has 0 saturated carbocycles. The van der Waals surface area contributed by atoms with Crippen LogP contribution < -0.4 is 5.73 Å². The number of likely N-dealkylation sites (tertiary alicyclic amines) is 1. The summed E-state index contributed by atoms with van der Waals surface area (Å²) in [5, 5.41) is 0. The molecule has 1 atom stereocenters. The van der Waals surface area contributed by atoms with Crippen LogP contribution in [0.25, 0.3) is 0 Å². The summed E-state index contributed by atoms with van der Waals surface area (Å²) in [7, 11) is 0. The number of hydrogen-bond acceptors (Lipinski definition) is 3. The van der Waals surface area contributed by atoms with Crippen LogP contribution >= 0.6 is 0 Å². The molecule has 5 nitrogen and oxygen atoms in total. The van der Waals surface area contributed by atoms with Gasteiger partial charge in [0.1, 0.15) is 0 Å². The summed E-state index contributed by atoms with van der Waals surface area (Å²) in [6, 6.07) is -0.290. The molecule has 1 amide bonds. The third kappa shape index (κ3) is 2.36. The monoisotopic (exact) mass is 208 g/mol. The molecule has 2 heterocycles. The Labute approximate surface area is 88.9 Å². The van der Waals surface area contributed by atoms with Crippen molar-refractivity contribution in [2.24, 2.45) is 5.73 Å². The van der Waals surface area contributed by atoms with E-state index in [0.717, 1.165) is 32.5 Å². The van der Waals surface area contributed by atoms with E-state index in [1.54, 1.807) is 12.5 Å². The molecule has 2 rings (SSSR count). The predicted molar refractivity (Wildman–Crippen MR) is 56.0 cm³/mol. The van der Waals surface area contributed by atoms with Gasteiger partial charge in [0.15, 0.2) is 0 Å². The first-order valence-corrected chi connectivity index (χ1v) is 5.27. The van der Waals surface area contributed by atoms with Crippen molar-refractivity contribution in [1.29, 1.82) is 0 Å². The van der Waals surface area contributed by atoms with E-state index >= 15 is 0 Å². The molecular weight excluding hydrogens is 192 g/mol. The van der Waals surface area contributed by atoms with Gasteiger partial charge < -0.3 is 15.2 Å². The lowest BCUT2D eigenvalue weighted by Gasteiger charge is -2.30. The van der Waals surface area contributed by atoms with E-state index in [4.69, 9.17) is 5.73 Å². The minimum atomic E-state index is -0.290. The van der Waals surface area contributed by atoms with Crippen molar-refractivity contribution in [3.05, 3.63) is 18.7 Å². The number of aromatic nitrogens is 2. The summed E-state index contributed by atoms with van der Waals surface area (Å²) in [5.74, 6) is 0.0846. The third-order valence-electron chi connectivity index (χ3n) is 2.76. The van der Waals surface area contributed by atoms with Crippen LogP contribution in [-0.2, 0) is 11.3 Å². The molecule has 1 fully saturated rings. The average Bonchev–Trinajstić information content (AvgIpc) is 2.73. The molecular formula is C10H16N4O. The van der Waals surface area contributed by atoms with Crippen LogP contribution in [-0.4, -0.2) is 39.5 Å². The summed E-state index contributed by atoms with van der Waals surface area (Å²) >= 11 is 0. The number of nitrogens with two attached hydrogens (primary N) is 1. The summed E-state index contributed by atoms with van der Waals surface area (Å²) in [6.45, 7) is 2.35. The first-order valence-electron chi connectivity index (χ1n) is 5.27. The van der Waals surface area contributed by atoms with Crippen LogP contribution in [0.2, 0.25) is 0 Å². The van der Waals surface area contributed by atoms with Gasteiger partial charge in [-0.15, -0.1) is 0 Å². The van der Waals surface area contributed by atoms with E-state index in [0.29, 0.717) is 0 Å². The Balaban J connectivity index is 1.86. The molecule has 1 aliphatic heterocycles. The van der Waals surface area contributed by atoms with Crippen molar-refractivity contribution in [3.8, 4) is 0 Å². The third-order valence-corrected chi connectivity index (χ3v) is 2.76. The Bertz CT molecular complexity index is 322. The Hall–Kier alpha value is -1.36. The van der Waals surface area contributed by atoms with Gasteiger partial charge in [0.25, 0.3) is 0 Å². The SMILES string of the molecule is NC1CCCN(CCn2ccnc2)C1=O. The maximum atomic E-state index is 11.7. The Morgan fingerprint density at radius 3 is 3.13 bits per heavy atom. The minimum Gasteiger partial charge on any atom is -0.340 e. The van der Waals surface area contributed by atoms with Crippen LogP contribution in [0, 0.1) is 0 Å². The summed E-state index contributed by atoms with van der Waals surface area (Å²) in [5.41, 5.74) is 5.71. The van der Waals surface area contributed by atoms with Crippen LogP contribution in [0.5, 0.6) is 0 Å². The highest BCUT2D eigenvalue weighted by atomic mass is 16.2. The molecule has 1 aliphatic rings. The highest BCUT2D eigenvalue weighted by Gasteiger charge is 2.24. The van der Waals surface area contributed by atoms with Gasteiger partial charge in [0.2, 0.25) is 5.91 Å². The number of carbonyl (C=O) groups excluding carboxylic acids is 1. The van der Waals surface area contributed by atoms with Crippen LogP contribution in [0.15, 0.2) is 18.7 Å². The fourth-order valence-electron chi connectivity index (χ4n) is 1.85. The number of carbonyl (C=O) groups is 1. The standard InChI is InChI=1S/C10H16N4O/c11-9-2-1-4-14(10(9)15)7-6-13-5-3-12-8-13/h3,5,8-9H,1-2,4,6-7,11H2. The Kier molecular flexibility index (Phi) is 3.01. The Morgan fingerprint density at radius 2 is 2.40 bits per heavy atom. The van der Waals surface area contributed by atoms with Gasteiger partial charge in [0.05, 0.1) is 12.4 Å². The molecule has 0 aliphatic carbocycles. The number of amides is 1. The molecule has 2 N–H and O–H groups in total. The summed E-state index contributed by atoms with van der Waals surface area (Å²) in [4.78, 5) is 17.5. The summed E-state index contributed by atoms with van der Waals surface area (Å²) < 4.78 is 1.97. The number of nitrogens with zero attached hydrogens (tertiary/aromatic N) is 3. The highest BCUT2D eigenvalue weighted by Crippen LogP contribution is 2.09. The van der Waals surface area contributed by atoms with E-state index in [9.17, 15) is 4.79 Å². The number of imidazole rings is 1. The van der Waals surface area contributed by atoms with E-state index in [-0.39, 0.29) is 11.9 Å². The quantitative estimate of drug-likeness (QED) is 0.750. The maximum Gasteiger partial charge on any atom is 0.239 e. The molecule has 0 aromatic carbocycles. The van der Waals surface area contributed by atoms with Crippen molar-refractivity contribution in [2.45, 2.75) is 25.4 Å². The number of piperidine rings is 1. The summed E-state index contributed by atoms with van der Waals surface area (Å²) in [6.07, 6.45) is 7.23. The fourth-order valence-corrected chi connectivity index (χ4v) is 1.85. The second-order valence-corrected chi connectivity index (χ2v) is 3.87. The molecule has 82 valence electrons. The molecule has 1 aromatic heterocycles. The Morgan fingerprint density at radius 1 is 1.53 bits per heavy atom. The van der Waals surface area contributed by atoms with Crippen LogP contribution in [0.1, 0.15) is 12.8 Å². The molecule has 1 unspecified atom stereocenters. The van der Waals surface area contributed by atoms with Crippen molar-refractivity contribution in [2.75, 3.05) is 13.1 Å². The van der Waals surface area contributed by atoms with Crippen LogP contribution in [0.4, 0.5) is 0 Å². The molecule has 5 heteroatoms. The van der Waals surface area contributed by atoms with Gasteiger partial charge in [-0.25, -0.2) is 4.98 Å². The highest BCUT2D eigenvalue weighted by molar-refractivity contribution is 5.82. The zero-order chi connectivity index (χ0) is 10.7. The predicted octanol–water partition coefficient (Wildman–Crippen LogP) is -0.167. The van der Waals surface area contributed by atoms with E-state index in [2.05, 4.69) is 4.98 Å². The van der Waals surface area contributed by atoms with Gasteiger partial charge in [-0.2, -0.15) is 0 Å². The molecule has 0 radical (unpaired) electrons. The van der Waals surface area contributed by atoms with Gasteiger partial charge in [0, 0.05) is 32.0 Å². The minimum absolute atomic E-state index is 0.0846. The smallest absolute Gasteiger partial charge is 0.239 e. The van der Waals surface area contributed by atoms with Crippen molar-refractivity contribution < 1.29 is 4.79 Å². The fraction of sp³-hybridized carbons (Fsp3) is 0.600. The zero-order valence-corrected chi connectivity index (χ0v) is 8.67. The molecule has 0 bridgehead atoms. The van der Waals surface area contributed by atoms with Crippen molar-refractivity contribution >= 4 is 5.91 Å². The van der Waals surface area contributed by atoms with E-state index in [1.165, 1.54) is 0 Å². The average molecular weight is 208 g/mol. The topological polar surface area (TPSA) is 64.2 Å². The van der Waals surface area contributed by atoms with Gasteiger partial charge in [-0.3, -0.25) is 4.79 Å². The van der Waals surface area contributed by atoms with E-state index < -0.39 is 0 Å². The van der Waals surface area contributed by atoms with E-state index in [1.807, 2.05) is 15.7 Å². The lowest BCUT2D eigenvalue weighted by atomic mass is 10.1. The van der Waals surface area contributed by atoms with Crippen LogP contribution in [0.3, 0.4) is 0 Å². The second-order valence-electron chi connectivity index (χ2n) is 3.87. The maximum absolute atomic E-state index is 11.7. The van der Waals surface area contributed by atoms with Crippen molar-refractivity contribution in [3.63, 3.8) is 0 Å². The molecule has 1 saturated heterocycles. The number of rotatable bonds is 3. The lowest BCUT2D eigenvalue weighted by Crippen LogP contribution is -2.49. The lowest BCUT2D eigenvalue weighted by molar-refractivity contribution is -0.135. The molecule has 15 heavy (non-hydrogen) atoms. The largest absolute Gasteiger partial charge is 0.340 e. The molecule has 0 spiro atoms. The van der Waals surface area contributed by atoms with Gasteiger partial charge in [-0.1, -0.05) is 0 Å². The second kappa shape index (κ2) is 4.44.